The second-order valence-corrected chi connectivity index (χ2v) is 5.41. The number of aryl methyl sites for hydroxylation is 1. The highest BCUT2D eigenvalue weighted by Gasteiger charge is 2.21. The Morgan fingerprint density at radius 1 is 1.67 bits per heavy atom. The fourth-order valence-electron chi connectivity index (χ4n) is 1.72. The number of rotatable bonds is 5. The number of hydrogen-bond donors (Lipinski definition) is 1. The lowest BCUT2D eigenvalue weighted by Crippen LogP contribution is -2.24. The van der Waals surface area contributed by atoms with E-state index in [0.717, 1.165) is 23.5 Å². The molecule has 3 nitrogen and oxygen atoms in total. The molecular weight excluding hydrogens is 254 g/mol. The second kappa shape index (κ2) is 4.66. The van der Waals surface area contributed by atoms with Crippen LogP contribution < -0.4 is 5.32 Å². The van der Waals surface area contributed by atoms with Crippen molar-refractivity contribution in [3.8, 4) is 0 Å². The molecule has 0 amide bonds. The maximum Gasteiger partial charge on any atom is 0.0635 e. The first-order valence-corrected chi connectivity index (χ1v) is 6.36. The van der Waals surface area contributed by atoms with Gasteiger partial charge in [0.05, 0.1) is 16.4 Å². The van der Waals surface area contributed by atoms with Gasteiger partial charge in [0.1, 0.15) is 0 Å². The van der Waals surface area contributed by atoms with E-state index < -0.39 is 0 Å². The van der Waals surface area contributed by atoms with E-state index in [0.29, 0.717) is 5.92 Å². The molecule has 0 bridgehead atoms. The summed E-state index contributed by atoms with van der Waals surface area (Å²) in [6, 6.07) is 0.808. The molecule has 1 unspecified atom stereocenters. The predicted molar refractivity (Wildman–Crippen MR) is 64.8 cm³/mol. The summed E-state index contributed by atoms with van der Waals surface area (Å²) in [6.45, 7) is 3.40. The van der Waals surface area contributed by atoms with Crippen LogP contribution in [-0.4, -0.2) is 22.4 Å². The van der Waals surface area contributed by atoms with E-state index in [-0.39, 0.29) is 0 Å². The van der Waals surface area contributed by atoms with Gasteiger partial charge >= 0.3 is 0 Å². The summed E-state index contributed by atoms with van der Waals surface area (Å²) in [4.78, 5) is 0. The van der Waals surface area contributed by atoms with E-state index in [1.54, 1.807) is 0 Å². The summed E-state index contributed by atoms with van der Waals surface area (Å²) in [5.41, 5.74) is 1.29. The highest BCUT2D eigenvalue weighted by Crippen LogP contribution is 2.21. The average molecular weight is 272 g/mol. The van der Waals surface area contributed by atoms with E-state index in [9.17, 15) is 0 Å². The molecular formula is C11H18BrN3. The number of halogens is 1. The van der Waals surface area contributed by atoms with Crippen LogP contribution in [0.15, 0.2) is 10.7 Å². The van der Waals surface area contributed by atoms with Crippen molar-refractivity contribution in [2.75, 3.05) is 6.54 Å². The van der Waals surface area contributed by atoms with Gasteiger partial charge in [-0.3, -0.25) is 4.68 Å². The minimum absolute atomic E-state index is 0.664. The zero-order chi connectivity index (χ0) is 10.8. The van der Waals surface area contributed by atoms with Crippen LogP contribution in [0.5, 0.6) is 0 Å². The van der Waals surface area contributed by atoms with Crippen molar-refractivity contribution < 1.29 is 0 Å². The van der Waals surface area contributed by atoms with Gasteiger partial charge in [0, 0.05) is 13.1 Å². The molecule has 0 aromatic carbocycles. The Morgan fingerprint density at radius 3 is 2.93 bits per heavy atom. The first-order valence-electron chi connectivity index (χ1n) is 5.56. The number of nitrogens with one attached hydrogen (secondary N) is 1. The molecule has 1 aromatic heterocycles. The van der Waals surface area contributed by atoms with E-state index >= 15 is 0 Å². The van der Waals surface area contributed by atoms with Crippen LogP contribution in [0.1, 0.15) is 25.5 Å². The van der Waals surface area contributed by atoms with Crippen molar-refractivity contribution in [1.29, 1.82) is 0 Å². The first-order chi connectivity index (χ1) is 7.16. The van der Waals surface area contributed by atoms with Gasteiger partial charge in [-0.1, -0.05) is 6.92 Å². The van der Waals surface area contributed by atoms with Crippen LogP contribution in [0.25, 0.3) is 0 Å². The van der Waals surface area contributed by atoms with Crippen molar-refractivity contribution in [1.82, 2.24) is 15.1 Å². The zero-order valence-corrected chi connectivity index (χ0v) is 10.9. The number of nitrogens with zero attached hydrogens (tertiary/aromatic N) is 2. The first kappa shape index (κ1) is 11.1. The summed E-state index contributed by atoms with van der Waals surface area (Å²) >= 11 is 3.53. The van der Waals surface area contributed by atoms with Crippen molar-refractivity contribution in [2.24, 2.45) is 13.0 Å². The van der Waals surface area contributed by atoms with Gasteiger partial charge in [0.15, 0.2) is 0 Å². The Labute approximate surface area is 99.4 Å². The van der Waals surface area contributed by atoms with Gasteiger partial charge in [-0.05, 0) is 47.7 Å². The molecule has 84 valence electrons. The SMILES string of the molecule is CC(CNC1CC1)Cc1c(Br)cnn1C. The topological polar surface area (TPSA) is 29.9 Å². The molecule has 1 atom stereocenters. The van der Waals surface area contributed by atoms with E-state index in [2.05, 4.69) is 33.3 Å². The lowest BCUT2D eigenvalue weighted by atomic mass is 10.1. The van der Waals surface area contributed by atoms with Crippen LogP contribution in [0.2, 0.25) is 0 Å². The predicted octanol–water partition coefficient (Wildman–Crippen LogP) is 2.11. The maximum absolute atomic E-state index is 4.23. The summed E-state index contributed by atoms with van der Waals surface area (Å²) in [6.07, 6.45) is 5.68. The Morgan fingerprint density at radius 2 is 2.40 bits per heavy atom. The summed E-state index contributed by atoms with van der Waals surface area (Å²) in [5.74, 6) is 0.664. The molecule has 1 fully saturated rings. The Bertz CT molecular complexity index is 311. The molecule has 1 heterocycles. The molecule has 2 rings (SSSR count). The molecule has 1 saturated carbocycles. The van der Waals surface area contributed by atoms with Crippen molar-refractivity contribution in [3.63, 3.8) is 0 Å². The third-order valence-electron chi connectivity index (χ3n) is 2.88. The third kappa shape index (κ3) is 3.05. The van der Waals surface area contributed by atoms with Crippen LogP contribution >= 0.6 is 15.9 Å². The van der Waals surface area contributed by atoms with Crippen LogP contribution in [0, 0.1) is 5.92 Å². The summed E-state index contributed by atoms with van der Waals surface area (Å²) < 4.78 is 3.08. The smallest absolute Gasteiger partial charge is 0.0635 e. The van der Waals surface area contributed by atoms with Gasteiger partial charge in [0.2, 0.25) is 0 Å². The van der Waals surface area contributed by atoms with Crippen molar-refractivity contribution in [2.45, 2.75) is 32.2 Å². The van der Waals surface area contributed by atoms with Crippen molar-refractivity contribution in [3.05, 3.63) is 16.4 Å². The lowest BCUT2D eigenvalue weighted by Gasteiger charge is -2.12. The molecule has 1 aromatic rings. The van der Waals surface area contributed by atoms with Crippen LogP contribution in [0.3, 0.4) is 0 Å². The van der Waals surface area contributed by atoms with Gasteiger partial charge in [-0.25, -0.2) is 0 Å². The summed E-state index contributed by atoms with van der Waals surface area (Å²) in [7, 11) is 2.00. The third-order valence-corrected chi connectivity index (χ3v) is 3.55. The largest absolute Gasteiger partial charge is 0.314 e. The molecule has 1 aliphatic carbocycles. The van der Waals surface area contributed by atoms with Gasteiger partial charge in [0.25, 0.3) is 0 Å². The average Bonchev–Trinajstić information content (AvgIpc) is 2.98. The highest BCUT2D eigenvalue weighted by molar-refractivity contribution is 9.10. The number of aromatic nitrogens is 2. The van der Waals surface area contributed by atoms with Crippen LogP contribution in [0.4, 0.5) is 0 Å². The van der Waals surface area contributed by atoms with E-state index in [4.69, 9.17) is 0 Å². The zero-order valence-electron chi connectivity index (χ0n) is 9.33. The minimum Gasteiger partial charge on any atom is -0.314 e. The molecule has 0 saturated heterocycles. The molecule has 4 heteroatoms. The van der Waals surface area contributed by atoms with Gasteiger partial charge < -0.3 is 5.32 Å². The highest BCUT2D eigenvalue weighted by atomic mass is 79.9. The van der Waals surface area contributed by atoms with Crippen molar-refractivity contribution >= 4 is 15.9 Å². The second-order valence-electron chi connectivity index (χ2n) is 4.55. The van der Waals surface area contributed by atoms with Crippen LogP contribution in [-0.2, 0) is 13.5 Å². The van der Waals surface area contributed by atoms with E-state index in [1.165, 1.54) is 18.5 Å². The van der Waals surface area contributed by atoms with E-state index in [1.807, 2.05) is 17.9 Å². The standard InChI is InChI=1S/C11H18BrN3/c1-8(6-13-9-3-4-9)5-11-10(12)7-14-15(11)2/h7-9,13H,3-6H2,1-2H3. The Kier molecular flexibility index (Phi) is 3.46. The fourth-order valence-corrected chi connectivity index (χ4v) is 2.23. The molecule has 15 heavy (non-hydrogen) atoms. The monoisotopic (exact) mass is 271 g/mol. The molecule has 1 aliphatic rings. The van der Waals surface area contributed by atoms with Gasteiger partial charge in [-0.2, -0.15) is 5.10 Å². The number of hydrogen-bond acceptors (Lipinski definition) is 2. The normalized spacial score (nSPS) is 18.1. The molecule has 0 aliphatic heterocycles. The molecule has 0 spiro atoms. The molecule has 0 radical (unpaired) electrons. The Hall–Kier alpha value is -0.350. The lowest BCUT2D eigenvalue weighted by molar-refractivity contribution is 0.493. The summed E-state index contributed by atoms with van der Waals surface area (Å²) in [5, 5.41) is 7.79. The quantitative estimate of drug-likeness (QED) is 0.889. The fraction of sp³-hybridized carbons (Fsp3) is 0.727. The maximum atomic E-state index is 4.23. The van der Waals surface area contributed by atoms with Gasteiger partial charge in [-0.15, -0.1) is 0 Å². The molecule has 1 N–H and O–H groups in total. The minimum atomic E-state index is 0.664. The Balaban J connectivity index is 1.84.